The second-order valence-corrected chi connectivity index (χ2v) is 7.41. The summed E-state index contributed by atoms with van der Waals surface area (Å²) in [6.45, 7) is 1.75. The summed E-state index contributed by atoms with van der Waals surface area (Å²) in [6, 6.07) is 13.0. The van der Waals surface area contributed by atoms with Crippen LogP contribution < -0.4 is 11.1 Å². The number of nitrogens with one attached hydrogen (secondary N) is 1. The number of rotatable bonds is 4. The van der Waals surface area contributed by atoms with Crippen LogP contribution in [0.15, 0.2) is 64.3 Å². The van der Waals surface area contributed by atoms with Crippen LogP contribution in [0.25, 0.3) is 11.4 Å². The Balaban J connectivity index is 1.86. The summed E-state index contributed by atoms with van der Waals surface area (Å²) in [5, 5.41) is 18.7. The molecule has 4 rings (SSSR count). The molecular weight excluding hydrogens is 440 g/mol. The quantitative estimate of drug-likeness (QED) is 0.458. The predicted molar refractivity (Wildman–Crippen MR) is 110 cm³/mol. The van der Waals surface area contributed by atoms with E-state index in [1.165, 1.54) is 12.1 Å². The van der Waals surface area contributed by atoms with E-state index in [0.717, 1.165) is 10.0 Å². The first-order valence-corrected chi connectivity index (χ1v) is 9.39. The topological polar surface area (TPSA) is 129 Å². The summed E-state index contributed by atoms with van der Waals surface area (Å²) in [4.78, 5) is 27.3. The molecule has 0 bridgehead atoms. The van der Waals surface area contributed by atoms with Crippen LogP contribution in [0.5, 0.6) is 0 Å². The summed E-state index contributed by atoms with van der Waals surface area (Å²) < 4.78 is 2.47. The summed E-state index contributed by atoms with van der Waals surface area (Å²) in [5.74, 6) is 0.153. The summed E-state index contributed by atoms with van der Waals surface area (Å²) in [5.41, 5.74) is 7.86. The third-order valence-electron chi connectivity index (χ3n) is 4.62. The number of nitrogens with two attached hydrogens (primary N) is 1. The molecule has 9 nitrogen and oxygen atoms in total. The van der Waals surface area contributed by atoms with Crippen molar-refractivity contribution < 1.29 is 9.72 Å². The fraction of sp³-hybridized carbons (Fsp3) is 0.105. The maximum absolute atomic E-state index is 12.2. The SMILES string of the molecule is CC1=C(C(N)=O)C(c2ccc(Br)cc2)n2nc(-c3cccc([N+](=O)[O-])c3)nc2N1. The van der Waals surface area contributed by atoms with Crippen molar-refractivity contribution in [1.29, 1.82) is 0 Å². The van der Waals surface area contributed by atoms with E-state index in [-0.39, 0.29) is 5.69 Å². The number of halogens is 1. The molecule has 1 aliphatic rings. The van der Waals surface area contributed by atoms with Crippen LogP contribution in [0.3, 0.4) is 0 Å². The smallest absolute Gasteiger partial charge is 0.270 e. The average molecular weight is 455 g/mol. The van der Waals surface area contributed by atoms with Gasteiger partial charge in [0.05, 0.1) is 10.5 Å². The largest absolute Gasteiger partial charge is 0.366 e. The second-order valence-electron chi connectivity index (χ2n) is 6.49. The molecule has 1 unspecified atom stereocenters. The fourth-order valence-corrected chi connectivity index (χ4v) is 3.57. The lowest BCUT2D eigenvalue weighted by molar-refractivity contribution is -0.384. The Morgan fingerprint density at radius 2 is 2.00 bits per heavy atom. The van der Waals surface area contributed by atoms with Gasteiger partial charge in [-0.3, -0.25) is 14.9 Å². The number of amides is 1. The number of nitro groups is 1. The van der Waals surface area contributed by atoms with E-state index < -0.39 is 16.9 Å². The van der Waals surface area contributed by atoms with Crippen LogP contribution in [-0.2, 0) is 4.79 Å². The molecule has 3 aromatic rings. The number of nitrogens with zero attached hydrogens (tertiary/aromatic N) is 4. The van der Waals surface area contributed by atoms with E-state index in [1.54, 1.807) is 23.7 Å². The number of hydrogen-bond donors (Lipinski definition) is 2. The normalized spacial score (nSPS) is 15.6. The van der Waals surface area contributed by atoms with E-state index in [2.05, 4.69) is 31.3 Å². The third kappa shape index (κ3) is 3.38. The number of allylic oxidation sites excluding steroid dienone is 1. The Bertz CT molecular complexity index is 1170. The van der Waals surface area contributed by atoms with Crippen molar-refractivity contribution in [3.05, 3.63) is 80.0 Å². The fourth-order valence-electron chi connectivity index (χ4n) is 3.30. The molecule has 0 radical (unpaired) electrons. The van der Waals surface area contributed by atoms with Gasteiger partial charge in [-0.25, -0.2) is 4.68 Å². The number of fused-ring (bicyclic) bond motifs is 1. The molecule has 1 aromatic heterocycles. The first kappa shape index (κ1) is 18.8. The Labute approximate surface area is 173 Å². The van der Waals surface area contributed by atoms with Crippen LogP contribution in [0.2, 0.25) is 0 Å². The van der Waals surface area contributed by atoms with Gasteiger partial charge in [0.2, 0.25) is 11.9 Å². The van der Waals surface area contributed by atoms with Gasteiger partial charge < -0.3 is 11.1 Å². The summed E-state index contributed by atoms with van der Waals surface area (Å²) >= 11 is 3.40. The number of benzene rings is 2. The van der Waals surface area contributed by atoms with Crippen molar-refractivity contribution in [2.24, 2.45) is 5.73 Å². The highest BCUT2D eigenvalue weighted by Gasteiger charge is 2.33. The van der Waals surface area contributed by atoms with Gasteiger partial charge in [-0.05, 0) is 24.6 Å². The number of carbonyl (C=O) groups is 1. The Hall–Kier alpha value is -3.53. The molecule has 1 aliphatic heterocycles. The second kappa shape index (κ2) is 7.13. The molecule has 10 heteroatoms. The zero-order chi connectivity index (χ0) is 20.7. The number of non-ortho nitro benzene ring substituents is 1. The van der Waals surface area contributed by atoms with Gasteiger partial charge in [-0.1, -0.05) is 40.2 Å². The number of aromatic nitrogens is 3. The van der Waals surface area contributed by atoms with Crippen molar-refractivity contribution in [2.75, 3.05) is 5.32 Å². The highest BCUT2D eigenvalue weighted by molar-refractivity contribution is 9.10. The van der Waals surface area contributed by atoms with Crippen LogP contribution >= 0.6 is 15.9 Å². The van der Waals surface area contributed by atoms with Crippen molar-refractivity contribution in [1.82, 2.24) is 14.8 Å². The number of anilines is 1. The maximum Gasteiger partial charge on any atom is 0.270 e. The standard InChI is InChI=1S/C19H15BrN6O3/c1-10-15(17(21)27)16(11-5-7-13(20)8-6-11)25-19(22-10)23-18(24-25)12-3-2-4-14(9-12)26(28)29/h2-9,16H,1H3,(H2,21,27)(H,22,23,24). The lowest BCUT2D eigenvalue weighted by Gasteiger charge is -2.27. The van der Waals surface area contributed by atoms with Crippen LogP contribution in [-0.4, -0.2) is 25.6 Å². The summed E-state index contributed by atoms with van der Waals surface area (Å²) in [7, 11) is 0. The number of primary amides is 1. The minimum atomic E-state index is -0.572. The van der Waals surface area contributed by atoms with Crippen LogP contribution in [0.4, 0.5) is 11.6 Å². The monoisotopic (exact) mass is 454 g/mol. The number of nitro benzene ring substituents is 1. The molecule has 1 amide bonds. The zero-order valence-electron chi connectivity index (χ0n) is 15.2. The minimum absolute atomic E-state index is 0.0557. The van der Waals surface area contributed by atoms with Crippen LogP contribution in [0, 0.1) is 10.1 Å². The van der Waals surface area contributed by atoms with Gasteiger partial charge in [-0.15, -0.1) is 5.10 Å². The highest BCUT2D eigenvalue weighted by Crippen LogP contribution is 2.36. The van der Waals surface area contributed by atoms with Crippen molar-refractivity contribution in [3.63, 3.8) is 0 Å². The van der Waals surface area contributed by atoms with E-state index in [0.29, 0.717) is 28.6 Å². The van der Waals surface area contributed by atoms with Crippen molar-refractivity contribution in [3.8, 4) is 11.4 Å². The molecule has 0 spiro atoms. The molecule has 0 fully saturated rings. The Kier molecular flexibility index (Phi) is 4.63. The maximum atomic E-state index is 12.2. The van der Waals surface area contributed by atoms with Crippen molar-refractivity contribution in [2.45, 2.75) is 13.0 Å². The molecule has 1 atom stereocenters. The van der Waals surface area contributed by atoms with Gasteiger partial charge in [0.1, 0.15) is 6.04 Å². The Morgan fingerprint density at radius 1 is 1.28 bits per heavy atom. The predicted octanol–water partition coefficient (Wildman–Crippen LogP) is 3.39. The van der Waals surface area contributed by atoms with E-state index in [1.807, 2.05) is 24.3 Å². The molecule has 146 valence electrons. The molecule has 0 saturated carbocycles. The first-order valence-electron chi connectivity index (χ1n) is 8.59. The lowest BCUT2D eigenvalue weighted by atomic mass is 9.95. The molecule has 2 aromatic carbocycles. The number of carbonyl (C=O) groups excluding carboxylic acids is 1. The third-order valence-corrected chi connectivity index (χ3v) is 5.15. The lowest BCUT2D eigenvalue weighted by Crippen LogP contribution is -2.31. The highest BCUT2D eigenvalue weighted by atomic mass is 79.9. The Morgan fingerprint density at radius 3 is 2.66 bits per heavy atom. The van der Waals surface area contributed by atoms with Gasteiger partial charge >= 0.3 is 0 Å². The molecule has 0 aliphatic carbocycles. The first-order chi connectivity index (χ1) is 13.8. The molecule has 2 heterocycles. The van der Waals surface area contributed by atoms with Crippen molar-refractivity contribution >= 4 is 33.5 Å². The zero-order valence-corrected chi connectivity index (χ0v) is 16.8. The molecule has 29 heavy (non-hydrogen) atoms. The molecule has 3 N–H and O–H groups in total. The van der Waals surface area contributed by atoms with Gasteiger partial charge in [0, 0.05) is 27.9 Å². The number of hydrogen-bond acceptors (Lipinski definition) is 6. The van der Waals surface area contributed by atoms with Crippen LogP contribution in [0.1, 0.15) is 18.5 Å². The van der Waals surface area contributed by atoms with Gasteiger partial charge in [0.15, 0.2) is 5.82 Å². The molecule has 0 saturated heterocycles. The van der Waals surface area contributed by atoms with Gasteiger partial charge in [0.25, 0.3) is 5.69 Å². The van der Waals surface area contributed by atoms with E-state index in [9.17, 15) is 14.9 Å². The van der Waals surface area contributed by atoms with E-state index in [4.69, 9.17) is 5.73 Å². The molecular formula is C19H15BrN6O3. The van der Waals surface area contributed by atoms with Gasteiger partial charge in [-0.2, -0.15) is 4.98 Å². The minimum Gasteiger partial charge on any atom is -0.366 e. The van der Waals surface area contributed by atoms with E-state index >= 15 is 0 Å². The summed E-state index contributed by atoms with van der Waals surface area (Å²) in [6.07, 6.45) is 0. The average Bonchev–Trinajstić information content (AvgIpc) is 3.11.